The lowest BCUT2D eigenvalue weighted by molar-refractivity contribution is -0.167. The van der Waals surface area contributed by atoms with Gasteiger partial charge in [-0.3, -0.25) is 14.4 Å². The van der Waals surface area contributed by atoms with Crippen LogP contribution in [0.1, 0.15) is 284 Å². The summed E-state index contributed by atoms with van der Waals surface area (Å²) in [5.41, 5.74) is 0. The van der Waals surface area contributed by atoms with Crippen LogP contribution < -0.4 is 0 Å². The van der Waals surface area contributed by atoms with Gasteiger partial charge in [-0.15, -0.1) is 0 Å². The maximum atomic E-state index is 12.8. The molecule has 392 valence electrons. The maximum Gasteiger partial charge on any atom is 0.306 e. The van der Waals surface area contributed by atoms with Crippen molar-refractivity contribution in [3.05, 3.63) is 72.9 Å². The normalized spacial score (nSPS) is 12.6. The first-order valence-electron chi connectivity index (χ1n) is 28.9. The van der Waals surface area contributed by atoms with Gasteiger partial charge in [-0.1, -0.05) is 248 Å². The highest BCUT2D eigenvalue weighted by molar-refractivity contribution is 5.71. The zero-order valence-electron chi connectivity index (χ0n) is 44.9. The number of allylic oxidation sites excluding steroid dienone is 12. The molecule has 1 atom stereocenters. The molecule has 0 aromatic rings. The van der Waals surface area contributed by atoms with Crippen molar-refractivity contribution in [3.63, 3.8) is 0 Å². The number of hydrogen-bond acceptors (Lipinski definition) is 6. The minimum absolute atomic E-state index is 0.0793. The fourth-order valence-corrected chi connectivity index (χ4v) is 8.11. The van der Waals surface area contributed by atoms with Crippen molar-refractivity contribution in [1.82, 2.24) is 0 Å². The Labute approximate surface area is 421 Å². The van der Waals surface area contributed by atoms with E-state index >= 15 is 0 Å². The fraction of sp³-hybridized carbons (Fsp3) is 0.758. The molecule has 0 rings (SSSR count). The number of unbranched alkanes of at least 4 members (excludes halogenated alkanes) is 29. The van der Waals surface area contributed by atoms with Gasteiger partial charge in [0.25, 0.3) is 0 Å². The largest absolute Gasteiger partial charge is 0.462 e. The quantitative estimate of drug-likeness (QED) is 0.0262. The molecule has 0 aliphatic heterocycles. The predicted molar refractivity (Wildman–Crippen MR) is 293 cm³/mol. The van der Waals surface area contributed by atoms with E-state index in [1.54, 1.807) is 0 Å². The van der Waals surface area contributed by atoms with Crippen LogP contribution in [-0.4, -0.2) is 37.2 Å². The summed E-state index contributed by atoms with van der Waals surface area (Å²) >= 11 is 0. The minimum atomic E-state index is -0.780. The average molecular weight is 950 g/mol. The van der Waals surface area contributed by atoms with Crippen molar-refractivity contribution in [2.24, 2.45) is 0 Å². The van der Waals surface area contributed by atoms with Gasteiger partial charge in [0.1, 0.15) is 13.2 Å². The van der Waals surface area contributed by atoms with Gasteiger partial charge in [0, 0.05) is 19.3 Å². The molecule has 0 saturated heterocycles. The van der Waals surface area contributed by atoms with E-state index in [2.05, 4.69) is 93.7 Å². The Bertz CT molecular complexity index is 1270. The molecule has 6 nitrogen and oxygen atoms in total. The standard InChI is InChI=1S/C62H108O6/c1-4-7-10-13-16-19-21-23-25-27-28-29-30-31-32-33-34-36-37-39-41-43-46-49-52-55-61(64)67-58-59(57-66-60(63)54-51-48-45-18-15-12-9-6-3)68-62(65)56-53-50-47-44-42-40-38-35-26-24-22-20-17-14-11-8-5-2/h8,11,17,20-21,23-24,26-28,30-31,59H,4-7,9-10,12-16,18-19,22,25,29,32-58H2,1-3H3/b11-8-,20-17-,23-21-,26-24-,28-27-,31-30-. The van der Waals surface area contributed by atoms with Crippen molar-refractivity contribution in [2.45, 2.75) is 290 Å². The van der Waals surface area contributed by atoms with Crippen LogP contribution in [0, 0.1) is 0 Å². The van der Waals surface area contributed by atoms with Gasteiger partial charge in [0.05, 0.1) is 0 Å². The summed E-state index contributed by atoms with van der Waals surface area (Å²) < 4.78 is 16.8. The first-order chi connectivity index (χ1) is 33.5. The Hall–Kier alpha value is -3.15. The summed E-state index contributed by atoms with van der Waals surface area (Å²) in [6.45, 7) is 6.49. The van der Waals surface area contributed by atoms with E-state index in [1.165, 1.54) is 148 Å². The topological polar surface area (TPSA) is 78.9 Å². The zero-order valence-corrected chi connectivity index (χ0v) is 44.9. The second kappa shape index (κ2) is 56.4. The van der Waals surface area contributed by atoms with Crippen molar-refractivity contribution in [2.75, 3.05) is 13.2 Å². The second-order valence-electron chi connectivity index (χ2n) is 19.2. The van der Waals surface area contributed by atoms with Gasteiger partial charge in [0.15, 0.2) is 6.10 Å². The van der Waals surface area contributed by atoms with E-state index in [-0.39, 0.29) is 31.1 Å². The molecule has 0 N–H and O–H groups in total. The smallest absolute Gasteiger partial charge is 0.306 e. The monoisotopic (exact) mass is 949 g/mol. The lowest BCUT2D eigenvalue weighted by Gasteiger charge is -2.18. The number of rotatable bonds is 52. The van der Waals surface area contributed by atoms with Crippen LogP contribution in [0.15, 0.2) is 72.9 Å². The first-order valence-corrected chi connectivity index (χ1v) is 28.9. The van der Waals surface area contributed by atoms with Crippen LogP contribution in [0.25, 0.3) is 0 Å². The molecule has 0 fully saturated rings. The summed E-state index contributed by atoms with van der Waals surface area (Å²) in [6, 6.07) is 0. The number of hydrogen-bond donors (Lipinski definition) is 0. The molecule has 6 heteroatoms. The summed E-state index contributed by atoms with van der Waals surface area (Å²) in [4.78, 5) is 38.0. The first kappa shape index (κ1) is 64.8. The molecule has 0 saturated carbocycles. The fourth-order valence-electron chi connectivity index (χ4n) is 8.11. The second-order valence-corrected chi connectivity index (χ2v) is 19.2. The van der Waals surface area contributed by atoms with E-state index in [0.29, 0.717) is 19.3 Å². The number of carbonyl (C=O) groups is 3. The summed E-state index contributed by atoms with van der Waals surface area (Å²) in [5.74, 6) is -0.891. The van der Waals surface area contributed by atoms with Gasteiger partial charge in [0.2, 0.25) is 0 Å². The van der Waals surface area contributed by atoms with E-state index in [9.17, 15) is 14.4 Å². The molecule has 0 aromatic heterocycles. The van der Waals surface area contributed by atoms with Gasteiger partial charge < -0.3 is 14.2 Å². The molecule has 68 heavy (non-hydrogen) atoms. The van der Waals surface area contributed by atoms with E-state index < -0.39 is 6.10 Å². The molecule has 0 bridgehead atoms. The SMILES string of the molecule is CC/C=C\C/C=C\C/C=C\CCCCCCCCCC(=O)OC(COC(=O)CCCCCCCCCC)COC(=O)CCCCCCCCCCCC/C=C\C/C=C\C/C=C\CCCCCCC. The maximum absolute atomic E-state index is 12.8. The molecular weight excluding hydrogens is 841 g/mol. The Balaban J connectivity index is 4.21. The van der Waals surface area contributed by atoms with E-state index in [4.69, 9.17) is 14.2 Å². The Morgan fingerprint density at radius 2 is 0.574 bits per heavy atom. The van der Waals surface area contributed by atoms with Crippen molar-refractivity contribution in [1.29, 1.82) is 0 Å². The Morgan fingerprint density at radius 3 is 0.897 bits per heavy atom. The molecule has 0 aliphatic carbocycles. The Morgan fingerprint density at radius 1 is 0.309 bits per heavy atom. The summed E-state index contributed by atoms with van der Waals surface area (Å²) in [7, 11) is 0. The highest BCUT2D eigenvalue weighted by atomic mass is 16.6. The van der Waals surface area contributed by atoms with Crippen LogP contribution in [0.2, 0.25) is 0 Å². The molecule has 0 heterocycles. The van der Waals surface area contributed by atoms with Crippen molar-refractivity contribution in [3.8, 4) is 0 Å². The number of ether oxygens (including phenoxy) is 3. The summed E-state index contributed by atoms with van der Waals surface area (Å²) in [6.07, 6.45) is 71.9. The van der Waals surface area contributed by atoms with Crippen LogP contribution in [0.5, 0.6) is 0 Å². The highest BCUT2D eigenvalue weighted by Crippen LogP contribution is 2.15. The predicted octanol–water partition coefficient (Wildman–Crippen LogP) is 19.4. The molecule has 0 spiro atoms. The minimum Gasteiger partial charge on any atom is -0.462 e. The third-order valence-electron chi connectivity index (χ3n) is 12.4. The van der Waals surface area contributed by atoms with Gasteiger partial charge in [-0.05, 0) is 89.9 Å². The molecule has 1 unspecified atom stereocenters. The molecule has 0 amide bonds. The summed E-state index contributed by atoms with van der Waals surface area (Å²) in [5, 5.41) is 0. The van der Waals surface area contributed by atoms with Crippen LogP contribution >= 0.6 is 0 Å². The average Bonchev–Trinajstić information content (AvgIpc) is 3.34. The molecule has 0 aromatic carbocycles. The number of carbonyl (C=O) groups excluding carboxylic acids is 3. The lowest BCUT2D eigenvalue weighted by Crippen LogP contribution is -2.30. The van der Waals surface area contributed by atoms with E-state index in [0.717, 1.165) is 96.3 Å². The van der Waals surface area contributed by atoms with E-state index in [1.807, 2.05) is 0 Å². The zero-order chi connectivity index (χ0) is 49.3. The van der Waals surface area contributed by atoms with Crippen molar-refractivity contribution >= 4 is 17.9 Å². The molecular formula is C62H108O6. The van der Waals surface area contributed by atoms with Crippen molar-refractivity contribution < 1.29 is 28.6 Å². The van der Waals surface area contributed by atoms with Gasteiger partial charge in [-0.2, -0.15) is 0 Å². The van der Waals surface area contributed by atoms with Crippen LogP contribution in [0.3, 0.4) is 0 Å². The third-order valence-corrected chi connectivity index (χ3v) is 12.4. The van der Waals surface area contributed by atoms with Gasteiger partial charge in [-0.25, -0.2) is 0 Å². The van der Waals surface area contributed by atoms with Crippen LogP contribution in [0.4, 0.5) is 0 Å². The highest BCUT2D eigenvalue weighted by Gasteiger charge is 2.19. The number of esters is 3. The lowest BCUT2D eigenvalue weighted by atomic mass is 10.1. The van der Waals surface area contributed by atoms with Gasteiger partial charge >= 0.3 is 17.9 Å². The molecule has 0 radical (unpaired) electrons. The molecule has 0 aliphatic rings. The third kappa shape index (κ3) is 53.8. The van der Waals surface area contributed by atoms with Crippen LogP contribution in [-0.2, 0) is 28.6 Å². The Kier molecular flexibility index (Phi) is 53.8.